The van der Waals surface area contributed by atoms with Gasteiger partial charge in [0.1, 0.15) is 5.69 Å². The first kappa shape index (κ1) is 20.8. The smallest absolute Gasteiger partial charge is 0.433 e. The third kappa shape index (κ3) is 5.23. The van der Waals surface area contributed by atoms with E-state index in [1.165, 1.54) is 6.07 Å². The van der Waals surface area contributed by atoms with E-state index >= 15 is 0 Å². The lowest BCUT2D eigenvalue weighted by atomic mass is 9.96. The first-order valence-electron chi connectivity index (χ1n) is 7.75. The Morgan fingerprint density at radius 1 is 1.19 bits per heavy atom. The number of aliphatic carboxylic acids is 1. The van der Waals surface area contributed by atoms with Gasteiger partial charge in [-0.3, -0.25) is 4.79 Å². The van der Waals surface area contributed by atoms with Crippen LogP contribution < -0.4 is 5.32 Å². The van der Waals surface area contributed by atoms with Gasteiger partial charge in [-0.2, -0.15) is 26.3 Å². The molecule has 1 aromatic rings. The van der Waals surface area contributed by atoms with Crippen LogP contribution >= 0.6 is 0 Å². The number of hydrogen-bond donors (Lipinski definition) is 2. The Labute approximate surface area is 149 Å². The van der Waals surface area contributed by atoms with E-state index in [9.17, 15) is 35.9 Å². The highest BCUT2D eigenvalue weighted by molar-refractivity contribution is 5.77. The van der Waals surface area contributed by atoms with Gasteiger partial charge in [0.25, 0.3) is 0 Å². The molecule has 2 N–H and O–H groups in total. The zero-order valence-electron chi connectivity index (χ0n) is 13.6. The van der Waals surface area contributed by atoms with Crippen LogP contribution in [0.4, 0.5) is 31.1 Å². The van der Waals surface area contributed by atoms with Crippen molar-refractivity contribution in [2.24, 2.45) is 11.8 Å². The molecule has 2 atom stereocenters. The monoisotopic (exact) mass is 399 g/mol. The molecule has 0 unspecified atom stereocenters. The van der Waals surface area contributed by atoms with E-state index in [0.717, 1.165) is 17.0 Å². The second-order valence-electron chi connectivity index (χ2n) is 5.99. The van der Waals surface area contributed by atoms with Crippen LogP contribution in [-0.2, 0) is 17.4 Å². The van der Waals surface area contributed by atoms with Gasteiger partial charge in [0, 0.05) is 31.7 Å². The fourth-order valence-electron chi connectivity index (χ4n) is 2.74. The number of amides is 2. The Bertz CT molecular complexity index is 707. The number of rotatable bonds is 4. The summed E-state index contributed by atoms with van der Waals surface area (Å²) in [5.41, 5.74) is -1.05. The molecule has 1 saturated heterocycles. The predicted octanol–water partition coefficient (Wildman–Crippen LogP) is 2.55. The SMILES string of the molecule is O=C(O)[C@@H]1CN(C(=O)NCCc2cccc(C(F)(F)F)n2)C[C@H]1C(F)(F)F. The molecule has 2 heterocycles. The Kier molecular flexibility index (Phi) is 5.85. The summed E-state index contributed by atoms with van der Waals surface area (Å²) < 4.78 is 76.4. The van der Waals surface area contributed by atoms with Gasteiger partial charge in [-0.25, -0.2) is 9.78 Å². The van der Waals surface area contributed by atoms with Gasteiger partial charge in [0.2, 0.25) is 0 Å². The maximum absolute atomic E-state index is 12.9. The molecule has 0 spiro atoms. The van der Waals surface area contributed by atoms with Gasteiger partial charge in [-0.1, -0.05) is 6.07 Å². The van der Waals surface area contributed by atoms with Crippen molar-refractivity contribution in [2.45, 2.75) is 18.8 Å². The molecule has 2 rings (SSSR count). The molecule has 1 aliphatic rings. The highest BCUT2D eigenvalue weighted by atomic mass is 19.4. The molecule has 27 heavy (non-hydrogen) atoms. The normalized spacial score (nSPS) is 20.6. The summed E-state index contributed by atoms with van der Waals surface area (Å²) in [5, 5.41) is 11.2. The van der Waals surface area contributed by atoms with Crippen molar-refractivity contribution in [1.29, 1.82) is 0 Å². The summed E-state index contributed by atoms with van der Waals surface area (Å²) in [5.74, 6) is -5.59. The maximum atomic E-state index is 12.9. The molecule has 1 fully saturated rings. The second-order valence-corrected chi connectivity index (χ2v) is 5.99. The zero-order chi connectivity index (χ0) is 20.4. The van der Waals surface area contributed by atoms with Crippen LogP contribution in [-0.4, -0.2) is 52.8 Å². The molecule has 12 heteroatoms. The Hall–Kier alpha value is -2.53. The van der Waals surface area contributed by atoms with E-state index in [1.54, 1.807) is 0 Å². The lowest BCUT2D eigenvalue weighted by Crippen LogP contribution is -2.40. The van der Waals surface area contributed by atoms with Crippen molar-refractivity contribution in [3.63, 3.8) is 0 Å². The number of likely N-dealkylation sites (tertiary alicyclic amines) is 1. The summed E-state index contributed by atoms with van der Waals surface area (Å²) in [7, 11) is 0. The highest BCUT2D eigenvalue weighted by Crippen LogP contribution is 2.37. The van der Waals surface area contributed by atoms with Crippen LogP contribution in [0, 0.1) is 11.8 Å². The Balaban J connectivity index is 1.92. The van der Waals surface area contributed by atoms with E-state index < -0.39 is 55.0 Å². The number of aromatic nitrogens is 1. The van der Waals surface area contributed by atoms with E-state index in [1.807, 2.05) is 0 Å². The number of nitrogens with one attached hydrogen (secondary N) is 1. The molecule has 0 aliphatic carbocycles. The van der Waals surface area contributed by atoms with E-state index in [2.05, 4.69) is 10.3 Å². The highest BCUT2D eigenvalue weighted by Gasteiger charge is 2.53. The molecule has 0 radical (unpaired) electrons. The zero-order valence-corrected chi connectivity index (χ0v) is 13.6. The van der Waals surface area contributed by atoms with Gasteiger partial charge in [0.15, 0.2) is 0 Å². The van der Waals surface area contributed by atoms with Crippen LogP contribution in [0.5, 0.6) is 0 Å². The molecule has 150 valence electrons. The minimum absolute atomic E-state index is 0.0446. The molecule has 6 nitrogen and oxygen atoms in total. The maximum Gasteiger partial charge on any atom is 0.433 e. The fraction of sp³-hybridized carbons (Fsp3) is 0.533. The number of halogens is 6. The molecule has 0 aromatic carbocycles. The molecule has 2 amide bonds. The molecular weight excluding hydrogens is 384 g/mol. The Morgan fingerprint density at radius 2 is 1.85 bits per heavy atom. The van der Waals surface area contributed by atoms with Crippen molar-refractivity contribution in [3.8, 4) is 0 Å². The van der Waals surface area contributed by atoms with Crippen molar-refractivity contribution in [2.75, 3.05) is 19.6 Å². The third-order valence-electron chi connectivity index (χ3n) is 4.10. The number of carbonyl (C=O) groups excluding carboxylic acids is 1. The van der Waals surface area contributed by atoms with Gasteiger partial charge < -0.3 is 15.3 Å². The number of nitrogens with zero attached hydrogens (tertiary/aromatic N) is 2. The van der Waals surface area contributed by atoms with Gasteiger partial charge in [-0.15, -0.1) is 0 Å². The Morgan fingerprint density at radius 3 is 2.37 bits per heavy atom. The number of pyridine rings is 1. The second kappa shape index (κ2) is 7.61. The van der Waals surface area contributed by atoms with E-state index in [4.69, 9.17) is 5.11 Å². The van der Waals surface area contributed by atoms with Crippen molar-refractivity contribution in [3.05, 3.63) is 29.6 Å². The number of carboxylic acid groups (broad SMARTS) is 1. The van der Waals surface area contributed by atoms with E-state index in [-0.39, 0.29) is 18.7 Å². The van der Waals surface area contributed by atoms with Crippen LogP contribution in [0.15, 0.2) is 18.2 Å². The number of carbonyl (C=O) groups is 2. The average Bonchev–Trinajstić information content (AvgIpc) is 3.00. The van der Waals surface area contributed by atoms with Crippen molar-refractivity contribution < 1.29 is 41.0 Å². The van der Waals surface area contributed by atoms with Gasteiger partial charge in [0.05, 0.1) is 11.8 Å². The molecule has 0 saturated carbocycles. The minimum atomic E-state index is -4.76. The lowest BCUT2D eigenvalue weighted by Gasteiger charge is -2.18. The first-order chi connectivity index (χ1) is 12.4. The predicted molar refractivity (Wildman–Crippen MR) is 78.6 cm³/mol. The first-order valence-corrected chi connectivity index (χ1v) is 7.75. The fourth-order valence-corrected chi connectivity index (χ4v) is 2.74. The quantitative estimate of drug-likeness (QED) is 0.763. The summed E-state index contributed by atoms with van der Waals surface area (Å²) >= 11 is 0. The van der Waals surface area contributed by atoms with Crippen molar-refractivity contribution >= 4 is 12.0 Å². The van der Waals surface area contributed by atoms with Crippen LogP contribution in [0.1, 0.15) is 11.4 Å². The molecular formula is C15H15F6N3O3. The lowest BCUT2D eigenvalue weighted by molar-refractivity contribution is -0.187. The number of alkyl halides is 6. The molecule has 0 bridgehead atoms. The van der Waals surface area contributed by atoms with E-state index in [0.29, 0.717) is 0 Å². The topological polar surface area (TPSA) is 82.5 Å². The van der Waals surface area contributed by atoms with Gasteiger partial charge >= 0.3 is 24.4 Å². The standard InChI is InChI=1S/C15H15F6N3O3/c16-14(17,18)10-7-24(6-9(10)12(25)26)13(27)22-5-4-8-2-1-3-11(23-8)15(19,20)21/h1-3,9-10H,4-7H2,(H,22,27)(H,25,26)/t9-,10-/m1/s1. The summed E-state index contributed by atoms with van der Waals surface area (Å²) in [6.45, 7) is -1.57. The summed E-state index contributed by atoms with van der Waals surface area (Å²) in [4.78, 5) is 27.1. The van der Waals surface area contributed by atoms with Crippen LogP contribution in [0.2, 0.25) is 0 Å². The largest absolute Gasteiger partial charge is 0.481 e. The van der Waals surface area contributed by atoms with Crippen LogP contribution in [0.3, 0.4) is 0 Å². The van der Waals surface area contributed by atoms with Crippen molar-refractivity contribution in [1.82, 2.24) is 15.2 Å². The average molecular weight is 399 g/mol. The molecule has 1 aromatic heterocycles. The summed E-state index contributed by atoms with van der Waals surface area (Å²) in [6.07, 6.45) is -9.46. The third-order valence-corrected chi connectivity index (χ3v) is 4.10. The molecule has 1 aliphatic heterocycles. The van der Waals surface area contributed by atoms with Crippen LogP contribution in [0.25, 0.3) is 0 Å². The summed E-state index contributed by atoms with van der Waals surface area (Å²) in [6, 6.07) is 2.34. The number of urea groups is 1. The van der Waals surface area contributed by atoms with Gasteiger partial charge in [-0.05, 0) is 12.1 Å². The number of hydrogen-bond acceptors (Lipinski definition) is 3. The number of carboxylic acids is 1. The minimum Gasteiger partial charge on any atom is -0.481 e.